The molecule has 0 aliphatic carbocycles. The second-order valence-corrected chi connectivity index (χ2v) is 8.46. The number of benzene rings is 1. The van der Waals surface area contributed by atoms with Crippen molar-refractivity contribution in [3.05, 3.63) is 71.7 Å². The van der Waals surface area contributed by atoms with Gasteiger partial charge in [-0.1, -0.05) is 12.1 Å². The van der Waals surface area contributed by atoms with Crippen LogP contribution in [0, 0.1) is 11.8 Å². The summed E-state index contributed by atoms with van der Waals surface area (Å²) in [6, 6.07) is 8.25. The second kappa shape index (κ2) is 8.41. The second-order valence-electron chi connectivity index (χ2n) is 6.38. The highest BCUT2D eigenvalue weighted by Crippen LogP contribution is 2.32. The van der Waals surface area contributed by atoms with Crippen LogP contribution in [-0.4, -0.2) is 40.5 Å². The monoisotopic (exact) mass is 455 g/mol. The molecular weight excluding hydrogens is 440 g/mol. The van der Waals surface area contributed by atoms with E-state index in [0.717, 1.165) is 17.3 Å². The minimum Gasteiger partial charge on any atom is -0.465 e. The van der Waals surface area contributed by atoms with Crippen LogP contribution in [0.1, 0.15) is 11.1 Å². The Morgan fingerprint density at radius 2 is 2.00 bits per heavy atom. The number of rotatable bonds is 6. The molecule has 0 fully saturated rings. The smallest absolute Gasteiger partial charge is 0.407 e. The van der Waals surface area contributed by atoms with Crippen molar-refractivity contribution in [2.45, 2.75) is 17.3 Å². The van der Waals surface area contributed by atoms with E-state index < -0.39 is 40.1 Å². The average Bonchev–Trinajstić information content (AvgIpc) is 3.05. The van der Waals surface area contributed by atoms with E-state index in [2.05, 4.69) is 4.98 Å². The maximum Gasteiger partial charge on any atom is 0.407 e. The van der Waals surface area contributed by atoms with Crippen LogP contribution in [0.3, 0.4) is 0 Å². The fourth-order valence-corrected chi connectivity index (χ4v) is 4.47. The van der Waals surface area contributed by atoms with Gasteiger partial charge in [0.15, 0.2) is 5.82 Å². The lowest BCUT2D eigenvalue weighted by Crippen LogP contribution is -2.24. The molecule has 2 aromatic heterocycles. The summed E-state index contributed by atoms with van der Waals surface area (Å²) in [7, 11) is -3.17. The number of aromatic nitrogens is 2. The van der Waals surface area contributed by atoms with E-state index in [4.69, 9.17) is 16.7 Å². The predicted molar refractivity (Wildman–Crippen MR) is 106 cm³/mol. The standard InChI is InChI=1S/C19H16ClF2N3O4S/c1-24(19(26)27)10-13-11-25(17(16(13)21)15-6-3-7-23-18(15)22)30(28,29)14-5-2-4-12(8-14)9-20/h2-8,11H,9-10H2,1H3,(H,26,27). The number of carboxylic acid groups (broad SMARTS) is 1. The summed E-state index contributed by atoms with van der Waals surface area (Å²) in [6.45, 7) is -0.444. The SMILES string of the molecule is CN(Cc1cn(S(=O)(=O)c2cccc(CCl)c2)c(-c2cccnc2F)c1F)C(=O)O. The third-order valence-electron chi connectivity index (χ3n) is 4.34. The molecule has 1 N–H and O–H groups in total. The molecule has 3 rings (SSSR count). The highest BCUT2D eigenvalue weighted by Gasteiger charge is 2.29. The third-order valence-corrected chi connectivity index (χ3v) is 6.31. The number of pyridine rings is 1. The molecule has 0 aliphatic rings. The summed E-state index contributed by atoms with van der Waals surface area (Å²) >= 11 is 5.78. The van der Waals surface area contributed by atoms with Gasteiger partial charge in [-0.05, 0) is 29.8 Å². The zero-order valence-electron chi connectivity index (χ0n) is 15.6. The molecule has 0 aliphatic heterocycles. The van der Waals surface area contributed by atoms with Crippen LogP contribution in [0.5, 0.6) is 0 Å². The first-order valence-electron chi connectivity index (χ1n) is 8.52. The largest absolute Gasteiger partial charge is 0.465 e. The molecule has 30 heavy (non-hydrogen) atoms. The Kier molecular flexibility index (Phi) is 6.09. The highest BCUT2D eigenvalue weighted by atomic mass is 35.5. The normalized spacial score (nSPS) is 11.5. The molecule has 3 aromatic rings. The summed E-state index contributed by atoms with van der Waals surface area (Å²) in [6.07, 6.45) is 0.745. The minimum atomic E-state index is -4.37. The van der Waals surface area contributed by atoms with Gasteiger partial charge in [0, 0.05) is 30.9 Å². The number of halogens is 3. The molecule has 0 saturated carbocycles. The molecular formula is C19H16ClF2N3O4S. The van der Waals surface area contributed by atoms with Gasteiger partial charge < -0.3 is 10.0 Å². The van der Waals surface area contributed by atoms with E-state index in [1.807, 2.05) is 0 Å². The average molecular weight is 456 g/mol. The fourth-order valence-electron chi connectivity index (χ4n) is 2.84. The van der Waals surface area contributed by atoms with Crippen molar-refractivity contribution < 1.29 is 27.1 Å². The Hall–Kier alpha value is -2.98. The minimum absolute atomic E-state index is 0.0577. The van der Waals surface area contributed by atoms with Gasteiger partial charge in [-0.25, -0.2) is 26.6 Å². The topological polar surface area (TPSA) is 92.5 Å². The van der Waals surface area contributed by atoms with Crippen molar-refractivity contribution in [2.75, 3.05) is 7.05 Å². The lowest BCUT2D eigenvalue weighted by atomic mass is 10.2. The molecule has 0 unspecified atom stereocenters. The van der Waals surface area contributed by atoms with Crippen molar-refractivity contribution in [1.29, 1.82) is 0 Å². The van der Waals surface area contributed by atoms with E-state index in [1.165, 1.54) is 37.4 Å². The quantitative estimate of drug-likeness (QED) is 0.449. The number of hydrogen-bond acceptors (Lipinski definition) is 4. The lowest BCUT2D eigenvalue weighted by Gasteiger charge is -2.11. The van der Waals surface area contributed by atoms with E-state index in [-0.39, 0.29) is 21.9 Å². The number of nitrogens with zero attached hydrogens (tertiary/aromatic N) is 3. The van der Waals surface area contributed by atoms with E-state index >= 15 is 4.39 Å². The van der Waals surface area contributed by atoms with Crippen LogP contribution in [-0.2, 0) is 22.4 Å². The van der Waals surface area contributed by atoms with E-state index in [0.29, 0.717) is 9.54 Å². The first kappa shape index (κ1) is 21.7. The van der Waals surface area contributed by atoms with Crippen molar-refractivity contribution in [3.8, 4) is 11.3 Å². The van der Waals surface area contributed by atoms with Gasteiger partial charge in [-0.15, -0.1) is 11.6 Å². The molecule has 0 saturated heterocycles. The predicted octanol–water partition coefficient (Wildman–Crippen LogP) is 3.91. The van der Waals surface area contributed by atoms with Crippen molar-refractivity contribution in [2.24, 2.45) is 0 Å². The Morgan fingerprint density at radius 3 is 2.63 bits per heavy atom. The van der Waals surface area contributed by atoms with Crippen LogP contribution in [0.25, 0.3) is 11.3 Å². The Balaban J connectivity index is 2.27. The van der Waals surface area contributed by atoms with Gasteiger partial charge >= 0.3 is 6.09 Å². The summed E-state index contributed by atoms with van der Waals surface area (Å²) in [5, 5.41) is 9.06. The number of carbonyl (C=O) groups is 1. The van der Waals surface area contributed by atoms with Crippen molar-refractivity contribution in [3.63, 3.8) is 0 Å². The van der Waals surface area contributed by atoms with E-state index in [1.54, 1.807) is 6.07 Å². The molecule has 2 heterocycles. The molecule has 7 nitrogen and oxygen atoms in total. The first-order chi connectivity index (χ1) is 14.2. The molecule has 1 aromatic carbocycles. The molecule has 0 bridgehead atoms. The van der Waals surface area contributed by atoms with Crippen LogP contribution < -0.4 is 0 Å². The number of hydrogen-bond donors (Lipinski definition) is 1. The molecule has 1 amide bonds. The Bertz CT molecular complexity index is 1210. The zero-order valence-corrected chi connectivity index (χ0v) is 17.2. The van der Waals surface area contributed by atoms with E-state index in [9.17, 15) is 17.6 Å². The molecule has 0 spiro atoms. The molecule has 11 heteroatoms. The molecule has 0 atom stereocenters. The van der Waals surface area contributed by atoms with Crippen LogP contribution in [0.4, 0.5) is 13.6 Å². The van der Waals surface area contributed by atoms with Gasteiger partial charge in [0.2, 0.25) is 5.95 Å². The summed E-state index contributed by atoms with van der Waals surface area (Å²) < 4.78 is 56.7. The van der Waals surface area contributed by atoms with Crippen LogP contribution in [0.2, 0.25) is 0 Å². The molecule has 0 radical (unpaired) electrons. The molecule has 158 valence electrons. The lowest BCUT2D eigenvalue weighted by molar-refractivity contribution is 0.153. The maximum atomic E-state index is 15.3. The Morgan fingerprint density at radius 1 is 1.27 bits per heavy atom. The van der Waals surface area contributed by atoms with Crippen LogP contribution in [0.15, 0.2) is 53.7 Å². The highest BCUT2D eigenvalue weighted by molar-refractivity contribution is 7.90. The van der Waals surface area contributed by atoms with Gasteiger partial charge in [0.25, 0.3) is 10.0 Å². The zero-order chi connectivity index (χ0) is 22.1. The number of alkyl halides is 1. The summed E-state index contributed by atoms with van der Waals surface area (Å²) in [4.78, 5) is 15.2. The first-order valence-corrected chi connectivity index (χ1v) is 10.5. The van der Waals surface area contributed by atoms with Gasteiger partial charge in [0.1, 0.15) is 5.69 Å². The van der Waals surface area contributed by atoms with Crippen LogP contribution >= 0.6 is 11.6 Å². The van der Waals surface area contributed by atoms with Gasteiger partial charge in [0.05, 0.1) is 17.0 Å². The number of amides is 1. The Labute approximate surface area is 176 Å². The van der Waals surface area contributed by atoms with Gasteiger partial charge in [-0.2, -0.15) is 4.39 Å². The summed E-state index contributed by atoms with van der Waals surface area (Å²) in [5.74, 6) is -2.08. The summed E-state index contributed by atoms with van der Waals surface area (Å²) in [5.41, 5.74) is -0.678. The fraction of sp³-hybridized carbons (Fsp3) is 0.158. The van der Waals surface area contributed by atoms with Gasteiger partial charge in [-0.3, -0.25) is 0 Å². The third kappa shape index (κ3) is 4.01. The van der Waals surface area contributed by atoms with Crippen molar-refractivity contribution in [1.82, 2.24) is 13.9 Å². The maximum absolute atomic E-state index is 15.3. The van der Waals surface area contributed by atoms with Crippen molar-refractivity contribution >= 4 is 27.7 Å².